The fourth-order valence-corrected chi connectivity index (χ4v) is 4.61. The lowest BCUT2D eigenvalue weighted by Gasteiger charge is -2.23. The maximum Gasteiger partial charge on any atom is 0.407 e. The Kier molecular flexibility index (Phi) is 5.30. The highest BCUT2D eigenvalue weighted by molar-refractivity contribution is 5.82. The molecule has 5 rings (SSSR count). The van der Waals surface area contributed by atoms with Crippen LogP contribution in [0.15, 0.2) is 79.0 Å². The first-order chi connectivity index (χ1) is 16.0. The van der Waals surface area contributed by atoms with E-state index in [0.717, 1.165) is 33.2 Å². The number of alkyl carbamates (subject to hydrolysis) is 1. The van der Waals surface area contributed by atoms with Gasteiger partial charge in [-0.05, 0) is 35.2 Å². The maximum absolute atomic E-state index is 12.6. The molecule has 1 amide bonds. The number of hydrogen-bond donors (Lipinski definition) is 2. The number of carboxylic acids is 1. The lowest BCUT2D eigenvalue weighted by Crippen LogP contribution is -2.46. The molecule has 2 atom stereocenters. The molecule has 1 aliphatic carbocycles. The number of nitrogens with one attached hydrogen (secondary N) is 1. The fraction of sp³-hybridized carbons (Fsp3) is 0.192. The molecule has 7 nitrogen and oxygen atoms in total. The lowest BCUT2D eigenvalue weighted by molar-refractivity contribution is -0.140. The highest BCUT2D eigenvalue weighted by Gasteiger charge is 2.32. The average molecular weight is 441 g/mol. The number of carboxylic acid groups (broad SMARTS) is 1. The van der Waals surface area contributed by atoms with Crippen LogP contribution < -0.4 is 5.32 Å². The molecule has 0 saturated carbocycles. The molecule has 0 spiro atoms. The van der Waals surface area contributed by atoms with Gasteiger partial charge in [-0.15, -0.1) is 0 Å². The van der Waals surface area contributed by atoms with Crippen molar-refractivity contribution in [3.63, 3.8) is 0 Å². The number of carbonyl (C=O) groups is 2. The van der Waals surface area contributed by atoms with Crippen LogP contribution in [0.4, 0.5) is 4.79 Å². The minimum Gasteiger partial charge on any atom is -0.480 e. The van der Waals surface area contributed by atoms with Gasteiger partial charge in [0.15, 0.2) is 6.04 Å². The Hall–Kier alpha value is -4.13. The number of hydrogen-bond acceptors (Lipinski definition) is 4. The summed E-state index contributed by atoms with van der Waals surface area (Å²) in [5, 5.41) is 17.5. The normalized spacial score (nSPS) is 14.3. The zero-order valence-corrected chi connectivity index (χ0v) is 18.0. The molecule has 0 fully saturated rings. The zero-order valence-electron chi connectivity index (χ0n) is 18.0. The van der Waals surface area contributed by atoms with Gasteiger partial charge in [0.05, 0.1) is 17.8 Å². The van der Waals surface area contributed by atoms with E-state index in [9.17, 15) is 14.7 Å². The van der Waals surface area contributed by atoms with Gasteiger partial charge in [-0.2, -0.15) is 5.10 Å². The third-order valence-electron chi connectivity index (χ3n) is 6.26. The van der Waals surface area contributed by atoms with Crippen molar-refractivity contribution in [2.75, 3.05) is 6.61 Å². The third kappa shape index (κ3) is 3.71. The Bertz CT molecular complexity index is 1300. The summed E-state index contributed by atoms with van der Waals surface area (Å²) in [6, 6.07) is 21.8. The molecule has 1 aliphatic rings. The summed E-state index contributed by atoms with van der Waals surface area (Å²) in [7, 11) is 0. The van der Waals surface area contributed by atoms with Crippen LogP contribution in [-0.2, 0) is 9.53 Å². The molecule has 1 aromatic heterocycles. The van der Waals surface area contributed by atoms with E-state index in [0.29, 0.717) is 0 Å². The molecule has 2 unspecified atom stereocenters. The number of amides is 1. The molecular formula is C26H23N3O4. The SMILES string of the molecule is CC(C(NC(=O)OCC1c2ccccc2-c2ccccc21)C(=O)O)n1ncc2ccccc21. The molecule has 7 heteroatoms. The van der Waals surface area contributed by atoms with E-state index < -0.39 is 24.1 Å². The number of fused-ring (bicyclic) bond motifs is 4. The summed E-state index contributed by atoms with van der Waals surface area (Å²) in [6.45, 7) is 1.83. The number of para-hydroxylation sites is 1. The predicted molar refractivity (Wildman–Crippen MR) is 124 cm³/mol. The minimum absolute atomic E-state index is 0.0982. The van der Waals surface area contributed by atoms with E-state index in [-0.39, 0.29) is 12.5 Å². The molecule has 0 radical (unpaired) electrons. The van der Waals surface area contributed by atoms with Gasteiger partial charge >= 0.3 is 12.1 Å². The monoisotopic (exact) mass is 441 g/mol. The molecule has 33 heavy (non-hydrogen) atoms. The van der Waals surface area contributed by atoms with E-state index in [4.69, 9.17) is 4.74 Å². The Labute approximate surface area is 190 Å². The van der Waals surface area contributed by atoms with Gasteiger partial charge < -0.3 is 15.2 Å². The Morgan fingerprint density at radius 1 is 1.00 bits per heavy atom. The van der Waals surface area contributed by atoms with Crippen LogP contribution in [0.3, 0.4) is 0 Å². The topological polar surface area (TPSA) is 93.5 Å². The number of ether oxygens (including phenoxy) is 1. The van der Waals surface area contributed by atoms with Gasteiger partial charge in [-0.1, -0.05) is 66.7 Å². The molecule has 0 aliphatic heterocycles. The van der Waals surface area contributed by atoms with Gasteiger partial charge in [0.25, 0.3) is 0 Å². The molecule has 4 aromatic rings. The smallest absolute Gasteiger partial charge is 0.407 e. The van der Waals surface area contributed by atoms with E-state index in [2.05, 4.69) is 22.5 Å². The van der Waals surface area contributed by atoms with Crippen molar-refractivity contribution in [1.82, 2.24) is 15.1 Å². The van der Waals surface area contributed by atoms with Crippen LogP contribution in [-0.4, -0.2) is 39.6 Å². The first kappa shape index (κ1) is 20.8. The molecule has 0 bridgehead atoms. The second-order valence-electron chi connectivity index (χ2n) is 8.17. The number of aromatic nitrogens is 2. The molecule has 1 heterocycles. The van der Waals surface area contributed by atoms with Gasteiger partial charge in [-0.25, -0.2) is 9.59 Å². The second-order valence-corrected chi connectivity index (χ2v) is 8.17. The largest absolute Gasteiger partial charge is 0.480 e. The van der Waals surface area contributed by atoms with Gasteiger partial charge in [0.2, 0.25) is 0 Å². The van der Waals surface area contributed by atoms with Crippen LogP contribution in [0.2, 0.25) is 0 Å². The quantitative estimate of drug-likeness (QED) is 0.457. The fourth-order valence-electron chi connectivity index (χ4n) is 4.61. The number of carbonyl (C=O) groups excluding carboxylic acids is 1. The van der Waals surface area contributed by atoms with E-state index in [1.807, 2.05) is 60.7 Å². The highest BCUT2D eigenvalue weighted by atomic mass is 16.5. The van der Waals surface area contributed by atoms with Crippen molar-refractivity contribution in [1.29, 1.82) is 0 Å². The van der Waals surface area contributed by atoms with Gasteiger partial charge in [0.1, 0.15) is 6.61 Å². The van der Waals surface area contributed by atoms with Gasteiger partial charge in [-0.3, -0.25) is 4.68 Å². The molecule has 2 N–H and O–H groups in total. The average Bonchev–Trinajstić information content (AvgIpc) is 3.40. The summed E-state index contributed by atoms with van der Waals surface area (Å²) < 4.78 is 7.14. The van der Waals surface area contributed by atoms with Gasteiger partial charge in [0, 0.05) is 11.3 Å². The standard InChI is InChI=1S/C26H23N3O4/c1-16(29-23-13-7-2-8-17(23)14-27-29)24(25(30)31)28-26(32)33-15-22-20-11-5-3-9-18(20)19-10-4-6-12-21(19)22/h2-14,16,22,24H,15H2,1H3,(H,28,32)(H,30,31). The molecule has 0 saturated heterocycles. The van der Waals surface area contributed by atoms with E-state index in [1.54, 1.807) is 17.8 Å². The van der Waals surface area contributed by atoms with Crippen molar-refractivity contribution in [2.45, 2.75) is 24.9 Å². The van der Waals surface area contributed by atoms with Crippen molar-refractivity contribution < 1.29 is 19.4 Å². The predicted octanol–water partition coefficient (Wildman–Crippen LogP) is 4.59. The van der Waals surface area contributed by atoms with Crippen LogP contribution in [0, 0.1) is 0 Å². The van der Waals surface area contributed by atoms with E-state index in [1.165, 1.54) is 0 Å². The van der Waals surface area contributed by atoms with Crippen molar-refractivity contribution >= 4 is 23.0 Å². The van der Waals surface area contributed by atoms with Crippen LogP contribution in [0.25, 0.3) is 22.0 Å². The zero-order chi connectivity index (χ0) is 22.9. The number of rotatable bonds is 6. The first-order valence-corrected chi connectivity index (χ1v) is 10.8. The summed E-state index contributed by atoms with van der Waals surface area (Å²) in [5.41, 5.74) is 5.25. The van der Waals surface area contributed by atoms with Crippen LogP contribution >= 0.6 is 0 Å². The Morgan fingerprint density at radius 3 is 2.27 bits per heavy atom. The summed E-state index contributed by atoms with van der Waals surface area (Å²) in [4.78, 5) is 24.6. The minimum atomic E-state index is -1.20. The molecule has 166 valence electrons. The first-order valence-electron chi connectivity index (χ1n) is 10.8. The van der Waals surface area contributed by atoms with Crippen molar-refractivity contribution in [3.05, 3.63) is 90.1 Å². The summed E-state index contributed by atoms with van der Waals surface area (Å²) in [6.07, 6.45) is 0.908. The lowest BCUT2D eigenvalue weighted by atomic mass is 9.98. The number of aliphatic carboxylic acids is 1. The number of benzene rings is 3. The van der Waals surface area contributed by atoms with Crippen molar-refractivity contribution in [2.24, 2.45) is 0 Å². The molecule has 3 aromatic carbocycles. The number of nitrogens with zero attached hydrogens (tertiary/aromatic N) is 2. The van der Waals surface area contributed by atoms with Crippen LogP contribution in [0.1, 0.15) is 30.0 Å². The van der Waals surface area contributed by atoms with Crippen LogP contribution in [0.5, 0.6) is 0 Å². The van der Waals surface area contributed by atoms with Crippen molar-refractivity contribution in [3.8, 4) is 11.1 Å². The third-order valence-corrected chi connectivity index (χ3v) is 6.26. The Balaban J connectivity index is 1.31. The Morgan fingerprint density at radius 2 is 1.61 bits per heavy atom. The second kappa shape index (κ2) is 8.43. The maximum atomic E-state index is 12.6. The summed E-state index contributed by atoms with van der Waals surface area (Å²) in [5.74, 6) is -1.26. The highest BCUT2D eigenvalue weighted by Crippen LogP contribution is 2.44. The van der Waals surface area contributed by atoms with E-state index >= 15 is 0 Å². The molecular weight excluding hydrogens is 418 g/mol. The summed E-state index contributed by atoms with van der Waals surface area (Å²) >= 11 is 0.